The number of carbonyl (C=O) groups is 1. The number of carbonyl (C=O) groups excluding carboxylic acids is 1. The van der Waals surface area contributed by atoms with Gasteiger partial charge in [0.1, 0.15) is 12.4 Å². The maximum Gasteiger partial charge on any atom is 0.265 e. The van der Waals surface area contributed by atoms with Crippen LogP contribution in [0, 0.1) is 20.8 Å². The molecule has 0 fully saturated rings. The quantitative estimate of drug-likeness (QED) is 0.571. The molecule has 134 valence electrons. The number of halogens is 1. The SMILES string of the molecule is Cc1cc(C)cc(OCc2csc(C(=O)Nc3cccc(Cl)c3C)c2)c1. The molecule has 2 aromatic carbocycles. The van der Waals surface area contributed by atoms with Gasteiger partial charge in [-0.05, 0) is 73.2 Å². The van der Waals surface area contributed by atoms with Crippen molar-refractivity contribution in [1.82, 2.24) is 0 Å². The van der Waals surface area contributed by atoms with Gasteiger partial charge < -0.3 is 10.1 Å². The van der Waals surface area contributed by atoms with Crippen LogP contribution in [0.1, 0.15) is 31.9 Å². The summed E-state index contributed by atoms with van der Waals surface area (Å²) in [6.45, 7) is 6.41. The molecule has 3 nitrogen and oxygen atoms in total. The maximum absolute atomic E-state index is 12.5. The average Bonchev–Trinajstić information content (AvgIpc) is 3.05. The number of hydrogen-bond donors (Lipinski definition) is 1. The van der Waals surface area contributed by atoms with E-state index in [1.54, 1.807) is 6.07 Å². The van der Waals surface area contributed by atoms with E-state index in [0.29, 0.717) is 16.5 Å². The normalized spacial score (nSPS) is 10.6. The lowest BCUT2D eigenvalue weighted by molar-refractivity contribution is 0.103. The van der Waals surface area contributed by atoms with Crippen LogP contribution in [0.3, 0.4) is 0 Å². The molecule has 3 aromatic rings. The van der Waals surface area contributed by atoms with Crippen LogP contribution in [0.5, 0.6) is 5.75 Å². The number of nitrogens with one attached hydrogen (secondary N) is 1. The molecular formula is C21H20ClNO2S. The van der Waals surface area contributed by atoms with Crippen molar-refractivity contribution >= 4 is 34.5 Å². The smallest absolute Gasteiger partial charge is 0.265 e. The van der Waals surface area contributed by atoms with E-state index >= 15 is 0 Å². The van der Waals surface area contributed by atoms with Crippen molar-refractivity contribution in [3.63, 3.8) is 0 Å². The molecule has 0 aliphatic heterocycles. The second-order valence-electron chi connectivity index (χ2n) is 6.30. The monoisotopic (exact) mass is 385 g/mol. The molecule has 0 saturated heterocycles. The molecule has 0 saturated carbocycles. The van der Waals surface area contributed by atoms with Crippen LogP contribution in [-0.2, 0) is 6.61 Å². The molecule has 1 aromatic heterocycles. The van der Waals surface area contributed by atoms with Crippen molar-refractivity contribution in [3.05, 3.63) is 80.0 Å². The largest absolute Gasteiger partial charge is 0.489 e. The lowest BCUT2D eigenvalue weighted by atomic mass is 10.1. The first-order valence-electron chi connectivity index (χ1n) is 8.27. The van der Waals surface area contributed by atoms with E-state index in [0.717, 1.165) is 22.6 Å². The van der Waals surface area contributed by atoms with Gasteiger partial charge >= 0.3 is 0 Å². The van der Waals surface area contributed by atoms with E-state index in [1.807, 2.05) is 56.5 Å². The molecule has 3 rings (SSSR count). The third-order valence-electron chi connectivity index (χ3n) is 3.99. The Hall–Kier alpha value is -2.30. The number of anilines is 1. The van der Waals surface area contributed by atoms with E-state index in [9.17, 15) is 4.79 Å². The molecule has 0 radical (unpaired) electrons. The second kappa shape index (κ2) is 7.94. The Morgan fingerprint density at radius 2 is 1.85 bits per heavy atom. The Bertz CT molecular complexity index is 929. The summed E-state index contributed by atoms with van der Waals surface area (Å²) >= 11 is 7.51. The maximum atomic E-state index is 12.5. The van der Waals surface area contributed by atoms with E-state index in [4.69, 9.17) is 16.3 Å². The van der Waals surface area contributed by atoms with E-state index in [2.05, 4.69) is 11.4 Å². The molecular weight excluding hydrogens is 366 g/mol. The first-order valence-corrected chi connectivity index (χ1v) is 9.53. The zero-order valence-electron chi connectivity index (χ0n) is 14.9. The zero-order valence-corrected chi connectivity index (χ0v) is 16.5. The summed E-state index contributed by atoms with van der Waals surface area (Å²) < 4.78 is 5.86. The van der Waals surface area contributed by atoms with Gasteiger partial charge in [-0.1, -0.05) is 23.7 Å². The average molecular weight is 386 g/mol. The van der Waals surface area contributed by atoms with Gasteiger partial charge in [0.15, 0.2) is 0 Å². The van der Waals surface area contributed by atoms with Gasteiger partial charge in [0.05, 0.1) is 4.88 Å². The van der Waals surface area contributed by atoms with Crippen LogP contribution in [-0.4, -0.2) is 5.91 Å². The lowest BCUT2D eigenvalue weighted by Gasteiger charge is -2.08. The highest BCUT2D eigenvalue weighted by molar-refractivity contribution is 7.12. The Morgan fingerprint density at radius 1 is 1.12 bits per heavy atom. The Morgan fingerprint density at radius 3 is 2.58 bits per heavy atom. The highest BCUT2D eigenvalue weighted by Gasteiger charge is 2.12. The number of rotatable bonds is 5. The Labute approximate surface area is 162 Å². The fourth-order valence-corrected chi connectivity index (χ4v) is 3.65. The summed E-state index contributed by atoms with van der Waals surface area (Å²) in [7, 11) is 0. The van der Waals surface area contributed by atoms with Crippen LogP contribution in [0.25, 0.3) is 0 Å². The van der Waals surface area contributed by atoms with Crippen molar-refractivity contribution in [3.8, 4) is 5.75 Å². The highest BCUT2D eigenvalue weighted by atomic mass is 35.5. The summed E-state index contributed by atoms with van der Waals surface area (Å²) in [6, 6.07) is 13.5. The van der Waals surface area contributed by atoms with E-state index in [1.165, 1.54) is 22.5 Å². The third-order valence-corrected chi connectivity index (χ3v) is 5.38. The zero-order chi connectivity index (χ0) is 18.7. The van der Waals surface area contributed by atoms with Crippen LogP contribution in [0.15, 0.2) is 47.8 Å². The van der Waals surface area contributed by atoms with Crippen molar-refractivity contribution in [1.29, 1.82) is 0 Å². The van der Waals surface area contributed by atoms with Gasteiger partial charge in [-0.3, -0.25) is 4.79 Å². The fourth-order valence-electron chi connectivity index (χ4n) is 2.68. The molecule has 0 unspecified atom stereocenters. The van der Waals surface area contributed by atoms with Crippen molar-refractivity contribution < 1.29 is 9.53 Å². The summed E-state index contributed by atoms with van der Waals surface area (Å²) in [4.78, 5) is 13.1. The number of amides is 1. The van der Waals surface area contributed by atoms with Crippen LogP contribution in [0.4, 0.5) is 5.69 Å². The van der Waals surface area contributed by atoms with E-state index in [-0.39, 0.29) is 5.91 Å². The molecule has 0 bridgehead atoms. The molecule has 26 heavy (non-hydrogen) atoms. The van der Waals surface area contributed by atoms with Crippen LogP contribution in [0.2, 0.25) is 5.02 Å². The molecule has 0 atom stereocenters. The standard InChI is InChI=1S/C21H20ClNO2S/c1-13-7-14(2)9-17(8-13)25-11-16-10-20(26-12-16)21(24)23-19-6-4-5-18(22)15(19)3/h4-10,12H,11H2,1-3H3,(H,23,24). The first kappa shape index (κ1) is 18.5. The topological polar surface area (TPSA) is 38.3 Å². The predicted molar refractivity (Wildman–Crippen MR) is 109 cm³/mol. The summed E-state index contributed by atoms with van der Waals surface area (Å²) in [5.74, 6) is 0.701. The molecule has 1 amide bonds. The highest BCUT2D eigenvalue weighted by Crippen LogP contribution is 2.25. The number of aryl methyl sites for hydroxylation is 2. The van der Waals surface area contributed by atoms with Gasteiger partial charge in [0.2, 0.25) is 0 Å². The number of hydrogen-bond acceptors (Lipinski definition) is 3. The van der Waals surface area contributed by atoms with Gasteiger partial charge in [-0.2, -0.15) is 0 Å². The summed E-state index contributed by atoms with van der Waals surface area (Å²) in [5.41, 5.74) is 4.90. The minimum atomic E-state index is -0.141. The first-order chi connectivity index (χ1) is 12.4. The lowest BCUT2D eigenvalue weighted by Crippen LogP contribution is -2.11. The second-order valence-corrected chi connectivity index (χ2v) is 7.62. The molecule has 1 heterocycles. The van der Waals surface area contributed by atoms with Crippen molar-refractivity contribution in [2.75, 3.05) is 5.32 Å². The number of ether oxygens (including phenoxy) is 1. The van der Waals surface area contributed by atoms with Crippen LogP contribution >= 0.6 is 22.9 Å². The predicted octanol–water partition coefficient (Wildman–Crippen LogP) is 6.16. The molecule has 0 aliphatic rings. The molecule has 1 N–H and O–H groups in total. The minimum Gasteiger partial charge on any atom is -0.489 e. The summed E-state index contributed by atoms with van der Waals surface area (Å²) in [6.07, 6.45) is 0. The van der Waals surface area contributed by atoms with Gasteiger partial charge in [0.25, 0.3) is 5.91 Å². The molecule has 0 spiro atoms. The minimum absolute atomic E-state index is 0.141. The van der Waals surface area contributed by atoms with Gasteiger partial charge in [0, 0.05) is 16.3 Å². The molecule has 0 aliphatic carbocycles. The number of thiophene rings is 1. The van der Waals surface area contributed by atoms with Crippen LogP contribution < -0.4 is 10.1 Å². The molecule has 5 heteroatoms. The Kier molecular flexibility index (Phi) is 5.64. The van der Waals surface area contributed by atoms with E-state index < -0.39 is 0 Å². The number of benzene rings is 2. The van der Waals surface area contributed by atoms with Gasteiger partial charge in [-0.25, -0.2) is 0 Å². The van der Waals surface area contributed by atoms with Gasteiger partial charge in [-0.15, -0.1) is 11.3 Å². The summed E-state index contributed by atoms with van der Waals surface area (Å²) in [5, 5.41) is 5.50. The van der Waals surface area contributed by atoms with Crippen molar-refractivity contribution in [2.24, 2.45) is 0 Å². The fraction of sp³-hybridized carbons (Fsp3) is 0.190. The van der Waals surface area contributed by atoms with Crippen molar-refractivity contribution in [2.45, 2.75) is 27.4 Å². The Balaban J connectivity index is 1.65. The third kappa shape index (κ3) is 4.45.